The SMILES string of the molecule is CCCC[C@H](NC(=O)N(CC)c1ccc(F)cc1)C(=O)O. The van der Waals surface area contributed by atoms with E-state index in [0.29, 0.717) is 18.7 Å². The number of nitrogens with one attached hydrogen (secondary N) is 1. The zero-order valence-electron chi connectivity index (χ0n) is 12.3. The molecule has 1 rings (SSSR count). The van der Waals surface area contributed by atoms with Gasteiger partial charge in [-0.3, -0.25) is 4.90 Å². The van der Waals surface area contributed by atoms with E-state index in [-0.39, 0.29) is 5.82 Å². The molecule has 116 valence electrons. The number of halogens is 1. The minimum atomic E-state index is -1.05. The van der Waals surface area contributed by atoms with Crippen LogP contribution in [0.2, 0.25) is 0 Å². The predicted octanol–water partition coefficient (Wildman–Crippen LogP) is 3.01. The first-order chi connectivity index (χ1) is 9.99. The second-order valence-electron chi connectivity index (χ2n) is 4.70. The second kappa shape index (κ2) is 8.24. The Kier molecular flexibility index (Phi) is 6.65. The average Bonchev–Trinajstić information content (AvgIpc) is 2.46. The Morgan fingerprint density at radius 1 is 1.29 bits per heavy atom. The number of anilines is 1. The van der Waals surface area contributed by atoms with E-state index < -0.39 is 18.0 Å². The van der Waals surface area contributed by atoms with Gasteiger partial charge in [0.2, 0.25) is 0 Å². The van der Waals surface area contributed by atoms with E-state index in [9.17, 15) is 14.0 Å². The Bertz CT molecular complexity index is 476. The summed E-state index contributed by atoms with van der Waals surface area (Å²) in [6, 6.07) is 4.09. The standard InChI is InChI=1S/C15H21FN2O3/c1-3-5-6-13(14(19)20)17-15(21)18(4-2)12-9-7-11(16)8-10-12/h7-10,13H,3-6H2,1-2H3,(H,17,21)(H,19,20)/t13-/m0/s1. The molecule has 0 radical (unpaired) electrons. The Labute approximate surface area is 123 Å². The Morgan fingerprint density at radius 3 is 2.38 bits per heavy atom. The van der Waals surface area contributed by atoms with Gasteiger partial charge in [0, 0.05) is 12.2 Å². The lowest BCUT2D eigenvalue weighted by atomic mass is 10.1. The number of nitrogens with zero attached hydrogens (tertiary/aromatic N) is 1. The molecule has 2 N–H and O–H groups in total. The number of carbonyl (C=O) groups is 2. The normalized spacial score (nSPS) is 11.8. The van der Waals surface area contributed by atoms with Crippen LogP contribution in [0.25, 0.3) is 0 Å². The van der Waals surface area contributed by atoms with Crippen LogP contribution in [0.1, 0.15) is 33.1 Å². The number of carboxylic acid groups (broad SMARTS) is 1. The summed E-state index contributed by atoms with van der Waals surface area (Å²) < 4.78 is 12.9. The molecule has 2 amide bonds. The first-order valence-electron chi connectivity index (χ1n) is 7.06. The van der Waals surface area contributed by atoms with Crippen LogP contribution in [0, 0.1) is 5.82 Å². The van der Waals surface area contributed by atoms with Gasteiger partial charge in [-0.1, -0.05) is 19.8 Å². The third-order valence-electron chi connectivity index (χ3n) is 3.14. The molecule has 1 aromatic carbocycles. The first-order valence-corrected chi connectivity index (χ1v) is 7.06. The van der Waals surface area contributed by atoms with E-state index >= 15 is 0 Å². The molecular weight excluding hydrogens is 275 g/mol. The van der Waals surface area contributed by atoms with Crippen molar-refractivity contribution in [3.8, 4) is 0 Å². The van der Waals surface area contributed by atoms with Crippen molar-refractivity contribution < 1.29 is 19.1 Å². The van der Waals surface area contributed by atoms with Gasteiger partial charge in [-0.25, -0.2) is 14.0 Å². The average molecular weight is 296 g/mol. The van der Waals surface area contributed by atoms with Crippen LogP contribution in [0.4, 0.5) is 14.9 Å². The van der Waals surface area contributed by atoms with Gasteiger partial charge in [0.15, 0.2) is 0 Å². The smallest absolute Gasteiger partial charge is 0.326 e. The maximum atomic E-state index is 12.9. The lowest BCUT2D eigenvalue weighted by Gasteiger charge is -2.24. The van der Waals surface area contributed by atoms with Gasteiger partial charge in [0.1, 0.15) is 11.9 Å². The number of aliphatic carboxylic acids is 1. The van der Waals surface area contributed by atoms with E-state index in [1.165, 1.54) is 29.2 Å². The molecule has 5 nitrogen and oxygen atoms in total. The molecular formula is C15H21FN2O3. The minimum Gasteiger partial charge on any atom is -0.480 e. The van der Waals surface area contributed by atoms with E-state index in [4.69, 9.17) is 5.11 Å². The summed E-state index contributed by atoms with van der Waals surface area (Å²) in [4.78, 5) is 24.7. The Hall–Kier alpha value is -2.11. The number of rotatable bonds is 7. The maximum Gasteiger partial charge on any atom is 0.326 e. The van der Waals surface area contributed by atoms with Gasteiger partial charge in [0.05, 0.1) is 0 Å². The summed E-state index contributed by atoms with van der Waals surface area (Å²) in [5.41, 5.74) is 0.524. The molecule has 0 bridgehead atoms. The highest BCUT2D eigenvalue weighted by molar-refractivity contribution is 5.94. The number of benzene rings is 1. The first kappa shape index (κ1) is 16.9. The lowest BCUT2D eigenvalue weighted by molar-refractivity contribution is -0.139. The number of carboxylic acids is 1. The van der Waals surface area contributed by atoms with Crippen LogP contribution in [0.5, 0.6) is 0 Å². The van der Waals surface area contributed by atoms with Crippen LogP contribution >= 0.6 is 0 Å². The lowest BCUT2D eigenvalue weighted by Crippen LogP contribution is -2.48. The van der Waals surface area contributed by atoms with Crippen molar-refractivity contribution in [2.45, 2.75) is 39.2 Å². The summed E-state index contributed by atoms with van der Waals surface area (Å²) in [5, 5.41) is 11.6. The monoisotopic (exact) mass is 296 g/mol. The topological polar surface area (TPSA) is 69.6 Å². The van der Waals surface area contributed by atoms with Crippen LogP contribution in [0.3, 0.4) is 0 Å². The van der Waals surface area contributed by atoms with Crippen LogP contribution in [0.15, 0.2) is 24.3 Å². The van der Waals surface area contributed by atoms with E-state index in [1.54, 1.807) is 6.92 Å². The molecule has 0 aliphatic heterocycles. The zero-order valence-corrected chi connectivity index (χ0v) is 12.3. The molecule has 0 heterocycles. The molecule has 0 saturated heterocycles. The van der Waals surface area contributed by atoms with Gasteiger partial charge in [-0.05, 0) is 37.6 Å². The maximum absolute atomic E-state index is 12.9. The molecule has 0 spiro atoms. The van der Waals surface area contributed by atoms with Crippen molar-refractivity contribution in [1.29, 1.82) is 0 Å². The van der Waals surface area contributed by atoms with Crippen LogP contribution < -0.4 is 10.2 Å². The summed E-state index contributed by atoms with van der Waals surface area (Å²) in [7, 11) is 0. The Balaban J connectivity index is 2.77. The fourth-order valence-corrected chi connectivity index (χ4v) is 1.96. The predicted molar refractivity (Wildman–Crippen MR) is 78.9 cm³/mol. The van der Waals surface area contributed by atoms with Gasteiger partial charge in [-0.2, -0.15) is 0 Å². The molecule has 1 aromatic rings. The second-order valence-corrected chi connectivity index (χ2v) is 4.70. The fraction of sp³-hybridized carbons (Fsp3) is 0.467. The van der Waals surface area contributed by atoms with Crippen molar-refractivity contribution in [2.24, 2.45) is 0 Å². The molecule has 1 atom stereocenters. The molecule has 0 aromatic heterocycles. The molecule has 0 unspecified atom stereocenters. The Morgan fingerprint density at radius 2 is 1.90 bits per heavy atom. The molecule has 0 saturated carbocycles. The van der Waals surface area contributed by atoms with Crippen LogP contribution in [-0.2, 0) is 4.79 Å². The largest absolute Gasteiger partial charge is 0.480 e. The number of unbranched alkanes of at least 4 members (excludes halogenated alkanes) is 1. The number of carbonyl (C=O) groups excluding carboxylic acids is 1. The molecule has 6 heteroatoms. The highest BCUT2D eigenvalue weighted by atomic mass is 19.1. The number of hydrogen-bond donors (Lipinski definition) is 2. The van der Waals surface area contributed by atoms with Crippen molar-refractivity contribution in [3.05, 3.63) is 30.1 Å². The van der Waals surface area contributed by atoms with Gasteiger partial charge in [-0.15, -0.1) is 0 Å². The molecule has 0 aliphatic carbocycles. The van der Waals surface area contributed by atoms with Crippen molar-refractivity contribution in [1.82, 2.24) is 5.32 Å². The zero-order chi connectivity index (χ0) is 15.8. The molecule has 0 aliphatic rings. The van der Waals surface area contributed by atoms with Crippen molar-refractivity contribution >= 4 is 17.7 Å². The van der Waals surface area contributed by atoms with E-state index in [0.717, 1.165) is 12.8 Å². The highest BCUT2D eigenvalue weighted by Gasteiger charge is 2.22. The summed E-state index contributed by atoms with van der Waals surface area (Å²) in [6.07, 6.45) is 1.97. The van der Waals surface area contributed by atoms with Crippen molar-refractivity contribution in [2.75, 3.05) is 11.4 Å². The highest BCUT2D eigenvalue weighted by Crippen LogP contribution is 2.15. The van der Waals surface area contributed by atoms with Gasteiger partial charge >= 0.3 is 12.0 Å². The van der Waals surface area contributed by atoms with E-state index in [2.05, 4.69) is 5.32 Å². The summed E-state index contributed by atoms with van der Waals surface area (Å²) in [6.45, 7) is 4.08. The minimum absolute atomic E-state index is 0.359. The third kappa shape index (κ3) is 5.06. The summed E-state index contributed by atoms with van der Waals surface area (Å²) in [5.74, 6) is -1.44. The third-order valence-corrected chi connectivity index (χ3v) is 3.14. The fourth-order valence-electron chi connectivity index (χ4n) is 1.96. The number of urea groups is 1. The summed E-state index contributed by atoms with van der Waals surface area (Å²) >= 11 is 0. The van der Waals surface area contributed by atoms with Gasteiger partial charge in [0.25, 0.3) is 0 Å². The van der Waals surface area contributed by atoms with Crippen molar-refractivity contribution in [3.63, 3.8) is 0 Å². The molecule has 21 heavy (non-hydrogen) atoms. The quantitative estimate of drug-likeness (QED) is 0.812. The van der Waals surface area contributed by atoms with E-state index in [1.807, 2.05) is 6.92 Å². The number of hydrogen-bond acceptors (Lipinski definition) is 2. The molecule has 0 fully saturated rings. The van der Waals surface area contributed by atoms with Crippen LogP contribution in [-0.4, -0.2) is 29.7 Å². The number of amides is 2. The van der Waals surface area contributed by atoms with Gasteiger partial charge < -0.3 is 10.4 Å².